The van der Waals surface area contributed by atoms with Crippen molar-refractivity contribution in [2.45, 2.75) is 77.3 Å². The number of hydrogen-bond donors (Lipinski definition) is 1. The van der Waals surface area contributed by atoms with Gasteiger partial charge in [-0.1, -0.05) is 57.2 Å². The number of carbonyl (C=O) groups is 2. The third-order valence-electron chi connectivity index (χ3n) is 9.10. The second-order valence-corrected chi connectivity index (χ2v) is 11.8. The van der Waals surface area contributed by atoms with Crippen molar-refractivity contribution < 1.29 is 24.2 Å². The van der Waals surface area contributed by atoms with E-state index in [-0.39, 0.29) is 29.6 Å². The number of carbonyl (C=O) groups excluding carboxylic acids is 2. The zero-order valence-corrected chi connectivity index (χ0v) is 20.8. The lowest BCUT2D eigenvalue weighted by Gasteiger charge is -2.31. The summed E-state index contributed by atoms with van der Waals surface area (Å²) >= 11 is 0. The van der Waals surface area contributed by atoms with Gasteiger partial charge in [-0.3, -0.25) is 4.79 Å². The highest BCUT2D eigenvalue weighted by Crippen LogP contribution is 2.64. The Morgan fingerprint density at radius 3 is 2.62 bits per heavy atom. The molecule has 0 spiro atoms. The molecule has 5 nitrogen and oxygen atoms in total. The van der Waals surface area contributed by atoms with Crippen LogP contribution < -0.4 is 0 Å². The Hall–Kier alpha value is -2.24. The van der Waals surface area contributed by atoms with Gasteiger partial charge in [-0.05, 0) is 73.5 Å². The predicted octanol–water partition coefficient (Wildman–Crippen LogP) is 4.74. The van der Waals surface area contributed by atoms with Crippen LogP contribution in [0.2, 0.25) is 0 Å². The van der Waals surface area contributed by atoms with Crippen molar-refractivity contribution in [2.75, 3.05) is 0 Å². The maximum absolute atomic E-state index is 13.7. The molecule has 3 aliphatic carbocycles. The van der Waals surface area contributed by atoms with Gasteiger partial charge in [-0.2, -0.15) is 0 Å². The minimum atomic E-state index is -1.60. The van der Waals surface area contributed by atoms with Crippen LogP contribution in [-0.4, -0.2) is 40.3 Å². The first-order valence-electron chi connectivity index (χ1n) is 12.5. The molecule has 2 saturated carbocycles. The SMILES string of the molecule is C/C1=C\[C@H]2[C@H](CC[C@@]3(C)O[C@@H]3[C@H]3[C@@H](OC(=O)/C=C/c4ccccc4)[C@@H](C)C[C@]3(O)C1=O)C2(C)C. The van der Waals surface area contributed by atoms with Crippen molar-refractivity contribution in [1.29, 1.82) is 0 Å². The number of ketones is 1. The number of esters is 1. The van der Waals surface area contributed by atoms with Gasteiger partial charge in [0.25, 0.3) is 0 Å². The van der Waals surface area contributed by atoms with Crippen molar-refractivity contribution in [2.24, 2.45) is 29.1 Å². The van der Waals surface area contributed by atoms with Gasteiger partial charge in [0.15, 0.2) is 5.78 Å². The predicted molar refractivity (Wildman–Crippen MR) is 130 cm³/mol. The molecule has 4 aliphatic rings. The third-order valence-corrected chi connectivity index (χ3v) is 9.10. The van der Waals surface area contributed by atoms with Crippen LogP contribution in [-0.2, 0) is 19.1 Å². The van der Waals surface area contributed by atoms with Crippen LogP contribution >= 0.6 is 0 Å². The molecule has 0 radical (unpaired) electrons. The normalized spacial score (nSPS) is 44.2. The monoisotopic (exact) mass is 464 g/mol. The van der Waals surface area contributed by atoms with Crippen molar-refractivity contribution in [1.82, 2.24) is 0 Å². The molecule has 8 atom stereocenters. The molecule has 1 N–H and O–H groups in total. The minimum absolute atomic E-state index is 0.162. The zero-order valence-electron chi connectivity index (χ0n) is 20.8. The fourth-order valence-corrected chi connectivity index (χ4v) is 6.83. The van der Waals surface area contributed by atoms with Gasteiger partial charge >= 0.3 is 5.97 Å². The van der Waals surface area contributed by atoms with E-state index in [1.807, 2.05) is 44.2 Å². The highest BCUT2D eigenvalue weighted by atomic mass is 16.6. The minimum Gasteiger partial charge on any atom is -0.458 e. The van der Waals surface area contributed by atoms with E-state index < -0.39 is 29.2 Å². The third kappa shape index (κ3) is 3.77. The fourth-order valence-electron chi connectivity index (χ4n) is 6.83. The summed E-state index contributed by atoms with van der Waals surface area (Å²) in [5, 5.41) is 11.9. The highest BCUT2D eigenvalue weighted by Gasteiger charge is 2.70. The Morgan fingerprint density at radius 1 is 1.21 bits per heavy atom. The molecule has 0 bridgehead atoms. The standard InChI is InChI=1S/C29H36O5/c1-17-15-21-20(27(21,3)4)13-14-28(5)26(34-28)23-24(18(2)16-29(23,32)25(17)31)33-22(30)12-11-19-9-7-6-8-10-19/h6-12,15,18,20-21,23-24,26,32H,13-14,16H2,1-5H3/b12-11+,17-15+/t18-,20-,21-,23+,24-,26+,28+,29+/m0/s1. The Labute approximate surface area is 202 Å². The Kier molecular flexibility index (Phi) is 5.45. The van der Waals surface area contributed by atoms with E-state index in [1.165, 1.54) is 6.08 Å². The van der Waals surface area contributed by atoms with Crippen LogP contribution in [0.1, 0.15) is 59.4 Å². The summed E-state index contributed by atoms with van der Waals surface area (Å²) in [5.41, 5.74) is -0.332. The Morgan fingerprint density at radius 2 is 1.91 bits per heavy atom. The van der Waals surface area contributed by atoms with Crippen molar-refractivity contribution in [3.63, 3.8) is 0 Å². The molecule has 1 aliphatic heterocycles. The van der Waals surface area contributed by atoms with Gasteiger partial charge in [0.1, 0.15) is 11.7 Å². The van der Waals surface area contributed by atoms with Gasteiger partial charge in [-0.25, -0.2) is 4.79 Å². The van der Waals surface area contributed by atoms with E-state index in [2.05, 4.69) is 26.8 Å². The van der Waals surface area contributed by atoms with Crippen LogP contribution in [0.25, 0.3) is 6.08 Å². The number of ether oxygens (including phenoxy) is 2. The number of Topliss-reactive ketones (excluding diaryl/α,β-unsaturated/α-hetero) is 1. The van der Waals surface area contributed by atoms with E-state index in [0.29, 0.717) is 17.4 Å². The van der Waals surface area contributed by atoms with Crippen molar-refractivity contribution in [3.8, 4) is 0 Å². The number of fused-ring (bicyclic) bond motifs is 4. The molecule has 0 amide bonds. The number of rotatable bonds is 3. The van der Waals surface area contributed by atoms with Crippen LogP contribution in [0.4, 0.5) is 0 Å². The molecule has 1 aromatic carbocycles. The molecule has 182 valence electrons. The van der Waals surface area contributed by atoms with Gasteiger partial charge in [-0.15, -0.1) is 0 Å². The molecular weight excluding hydrogens is 428 g/mol. The number of aliphatic hydroxyl groups is 1. The summed E-state index contributed by atoms with van der Waals surface area (Å²) < 4.78 is 12.2. The number of allylic oxidation sites excluding steroid dienone is 1. The summed E-state index contributed by atoms with van der Waals surface area (Å²) in [7, 11) is 0. The maximum Gasteiger partial charge on any atom is 0.331 e. The molecule has 34 heavy (non-hydrogen) atoms. The highest BCUT2D eigenvalue weighted by molar-refractivity contribution is 6.02. The lowest BCUT2D eigenvalue weighted by molar-refractivity contribution is -0.153. The lowest BCUT2D eigenvalue weighted by Crippen LogP contribution is -2.49. The van der Waals surface area contributed by atoms with E-state index in [4.69, 9.17) is 9.47 Å². The van der Waals surface area contributed by atoms with Crippen LogP contribution in [0.15, 0.2) is 48.1 Å². The number of hydrogen-bond acceptors (Lipinski definition) is 5. The summed E-state index contributed by atoms with van der Waals surface area (Å²) in [6.45, 7) is 10.3. The molecule has 1 saturated heterocycles. The van der Waals surface area contributed by atoms with Gasteiger partial charge < -0.3 is 14.6 Å². The average molecular weight is 465 g/mol. The second kappa shape index (κ2) is 7.89. The zero-order chi connectivity index (χ0) is 24.5. The van der Waals surface area contributed by atoms with E-state index in [1.54, 1.807) is 6.08 Å². The number of benzene rings is 1. The van der Waals surface area contributed by atoms with Crippen molar-refractivity contribution >= 4 is 17.8 Å². The van der Waals surface area contributed by atoms with Crippen LogP contribution in [0, 0.1) is 29.1 Å². The first-order chi connectivity index (χ1) is 16.0. The van der Waals surface area contributed by atoms with Crippen molar-refractivity contribution in [3.05, 3.63) is 53.6 Å². The topological polar surface area (TPSA) is 76.1 Å². The molecule has 5 rings (SSSR count). The molecule has 1 heterocycles. The smallest absolute Gasteiger partial charge is 0.331 e. The maximum atomic E-state index is 13.7. The summed E-state index contributed by atoms with van der Waals surface area (Å²) in [6.07, 6.45) is 6.47. The summed E-state index contributed by atoms with van der Waals surface area (Å²) in [4.78, 5) is 26.4. The van der Waals surface area contributed by atoms with E-state index in [0.717, 1.165) is 18.4 Å². The van der Waals surface area contributed by atoms with E-state index >= 15 is 0 Å². The molecule has 3 fully saturated rings. The molecule has 5 heteroatoms. The van der Waals surface area contributed by atoms with Crippen LogP contribution in [0.3, 0.4) is 0 Å². The quantitative estimate of drug-likeness (QED) is 0.397. The summed E-state index contributed by atoms with van der Waals surface area (Å²) in [6, 6.07) is 9.56. The number of epoxide rings is 1. The van der Waals surface area contributed by atoms with Gasteiger partial charge in [0.2, 0.25) is 0 Å². The molecule has 0 aromatic heterocycles. The molecule has 0 unspecified atom stereocenters. The second-order valence-electron chi connectivity index (χ2n) is 11.8. The average Bonchev–Trinajstić information content (AvgIpc) is 3.56. The first-order valence-corrected chi connectivity index (χ1v) is 12.5. The van der Waals surface area contributed by atoms with Gasteiger partial charge in [0.05, 0.1) is 17.6 Å². The Balaban J connectivity index is 1.43. The largest absolute Gasteiger partial charge is 0.458 e. The van der Waals surface area contributed by atoms with Crippen LogP contribution in [0.5, 0.6) is 0 Å². The lowest BCUT2D eigenvalue weighted by atomic mass is 9.77. The van der Waals surface area contributed by atoms with E-state index in [9.17, 15) is 14.7 Å². The molecular formula is C29H36O5. The molecule has 1 aromatic rings. The van der Waals surface area contributed by atoms with Gasteiger partial charge in [0, 0.05) is 6.08 Å². The Bertz CT molecular complexity index is 1060. The first kappa shape index (κ1) is 23.5. The fraction of sp³-hybridized carbons (Fsp3) is 0.586. The summed E-state index contributed by atoms with van der Waals surface area (Å²) in [5.74, 6) is -0.608.